The topological polar surface area (TPSA) is 80.4 Å². The first-order valence-corrected chi connectivity index (χ1v) is 8.88. The summed E-state index contributed by atoms with van der Waals surface area (Å²) in [5, 5.41) is 8.60. The summed E-state index contributed by atoms with van der Waals surface area (Å²) in [5.41, 5.74) is 0.497. The molecule has 24 heavy (non-hydrogen) atoms. The van der Waals surface area contributed by atoms with Crippen molar-refractivity contribution in [3.05, 3.63) is 34.6 Å². The van der Waals surface area contributed by atoms with E-state index in [1.165, 1.54) is 18.0 Å². The number of nitrogens with one attached hydrogen (secondary N) is 1. The molecule has 2 heterocycles. The third-order valence-electron chi connectivity index (χ3n) is 4.43. The van der Waals surface area contributed by atoms with Crippen molar-refractivity contribution in [2.24, 2.45) is 11.3 Å². The Morgan fingerprint density at radius 3 is 2.83 bits per heavy atom. The highest BCUT2D eigenvalue weighted by Gasteiger charge is 2.48. The van der Waals surface area contributed by atoms with E-state index in [4.69, 9.17) is 14.6 Å². The molecule has 3 rings (SSSR count). The van der Waals surface area contributed by atoms with Gasteiger partial charge in [0.25, 0.3) is 0 Å². The minimum absolute atomic E-state index is 0.0388. The minimum Gasteiger partial charge on any atom is -0.469 e. The standard InChI is InChI=1S/C18H21NO4S/c1-4-22-17(21)15-14(11-6-5-7-23-11)13-10(20)8-18(2,3)9-12(13)24-16(15)19/h5-7,14-15,19H,4,8-9H2,1-3H3/t14-,15+/m1/s1. The second-order valence-corrected chi connectivity index (χ2v) is 8.10. The Bertz CT molecular complexity index is 717. The van der Waals surface area contributed by atoms with Crippen LogP contribution in [0.5, 0.6) is 0 Å². The molecule has 0 unspecified atom stereocenters. The smallest absolute Gasteiger partial charge is 0.316 e. The zero-order valence-electron chi connectivity index (χ0n) is 14.0. The van der Waals surface area contributed by atoms with Gasteiger partial charge in [0.2, 0.25) is 0 Å². The van der Waals surface area contributed by atoms with E-state index in [0.717, 1.165) is 11.3 Å². The Kier molecular flexibility index (Phi) is 4.42. The van der Waals surface area contributed by atoms with Gasteiger partial charge in [-0.3, -0.25) is 15.0 Å². The van der Waals surface area contributed by atoms with E-state index in [2.05, 4.69) is 13.8 Å². The molecule has 0 amide bonds. The predicted octanol–water partition coefficient (Wildman–Crippen LogP) is 3.91. The van der Waals surface area contributed by atoms with Crippen LogP contribution in [0.4, 0.5) is 0 Å². The highest BCUT2D eigenvalue weighted by Crippen LogP contribution is 2.52. The molecule has 5 nitrogen and oxygen atoms in total. The summed E-state index contributed by atoms with van der Waals surface area (Å²) in [6, 6.07) is 3.50. The average Bonchev–Trinajstić information content (AvgIpc) is 2.98. The number of rotatable bonds is 3. The van der Waals surface area contributed by atoms with Gasteiger partial charge in [-0.25, -0.2) is 0 Å². The SMILES string of the molecule is CCOC(=O)[C@@H]1C(=N)SC2=C(C(=O)CC(C)(C)C2)[C@H]1c1ccco1. The quantitative estimate of drug-likeness (QED) is 0.839. The van der Waals surface area contributed by atoms with E-state index < -0.39 is 17.8 Å². The van der Waals surface area contributed by atoms with Gasteiger partial charge in [-0.1, -0.05) is 25.6 Å². The molecule has 128 valence electrons. The first-order chi connectivity index (χ1) is 11.3. The van der Waals surface area contributed by atoms with Gasteiger partial charge in [0.05, 0.1) is 23.8 Å². The maximum absolute atomic E-state index is 12.8. The van der Waals surface area contributed by atoms with Gasteiger partial charge in [-0.2, -0.15) is 0 Å². The summed E-state index contributed by atoms with van der Waals surface area (Å²) in [7, 11) is 0. The second-order valence-electron chi connectivity index (χ2n) is 6.97. The number of ketones is 1. The third kappa shape index (κ3) is 2.95. The van der Waals surface area contributed by atoms with Crippen LogP contribution in [-0.4, -0.2) is 23.4 Å². The number of carbonyl (C=O) groups excluding carboxylic acids is 2. The number of carbonyl (C=O) groups is 2. The molecule has 0 spiro atoms. The molecule has 6 heteroatoms. The fraction of sp³-hybridized carbons (Fsp3) is 0.500. The Balaban J connectivity index is 2.12. The molecular formula is C18H21NO4S. The van der Waals surface area contributed by atoms with E-state index in [1.807, 2.05) is 0 Å². The summed E-state index contributed by atoms with van der Waals surface area (Å²) in [6.07, 6.45) is 2.70. The number of Topliss-reactive ketones (excluding diaryl/α,β-unsaturated/α-hetero) is 1. The zero-order chi connectivity index (χ0) is 17.5. The highest BCUT2D eigenvalue weighted by atomic mass is 32.2. The first-order valence-electron chi connectivity index (χ1n) is 8.06. The van der Waals surface area contributed by atoms with E-state index >= 15 is 0 Å². The monoisotopic (exact) mass is 347 g/mol. The fourth-order valence-electron chi connectivity index (χ4n) is 3.48. The Morgan fingerprint density at radius 1 is 1.46 bits per heavy atom. The van der Waals surface area contributed by atoms with Gasteiger partial charge >= 0.3 is 5.97 Å². The van der Waals surface area contributed by atoms with Crippen LogP contribution in [0, 0.1) is 16.7 Å². The van der Waals surface area contributed by atoms with Crippen LogP contribution in [0.1, 0.15) is 45.3 Å². The second kappa shape index (κ2) is 6.24. The van der Waals surface area contributed by atoms with E-state index in [9.17, 15) is 9.59 Å². The van der Waals surface area contributed by atoms with Crippen LogP contribution in [0.2, 0.25) is 0 Å². The van der Waals surface area contributed by atoms with Crippen molar-refractivity contribution in [3.63, 3.8) is 0 Å². The number of furan rings is 1. The summed E-state index contributed by atoms with van der Waals surface area (Å²) in [6.45, 7) is 6.08. The lowest BCUT2D eigenvalue weighted by Crippen LogP contribution is -2.39. The average molecular weight is 347 g/mol. The Hall–Kier alpha value is -1.82. The molecule has 1 aliphatic heterocycles. The number of allylic oxidation sites excluding steroid dienone is 2. The van der Waals surface area contributed by atoms with Crippen molar-refractivity contribution in [1.29, 1.82) is 5.41 Å². The van der Waals surface area contributed by atoms with Gasteiger partial charge in [0.15, 0.2) is 5.78 Å². The molecule has 2 aliphatic rings. The summed E-state index contributed by atoms with van der Waals surface area (Å²) < 4.78 is 10.7. The lowest BCUT2D eigenvalue weighted by molar-refractivity contribution is -0.146. The summed E-state index contributed by atoms with van der Waals surface area (Å²) >= 11 is 1.24. The fourth-order valence-corrected chi connectivity index (χ4v) is 4.92. The largest absolute Gasteiger partial charge is 0.469 e. The van der Waals surface area contributed by atoms with Gasteiger partial charge in [0.1, 0.15) is 11.7 Å². The molecule has 0 fully saturated rings. The molecule has 0 saturated carbocycles. The minimum atomic E-state index is -0.815. The normalized spacial score (nSPS) is 26.3. The lowest BCUT2D eigenvalue weighted by atomic mass is 9.71. The highest BCUT2D eigenvalue weighted by molar-refractivity contribution is 8.17. The first kappa shape index (κ1) is 17.0. The molecule has 0 aromatic carbocycles. The number of esters is 1. The maximum Gasteiger partial charge on any atom is 0.316 e. The summed E-state index contributed by atoms with van der Waals surface area (Å²) in [4.78, 5) is 26.2. The molecule has 2 atom stereocenters. The molecule has 0 bridgehead atoms. The Labute approximate surface area is 145 Å². The van der Waals surface area contributed by atoms with Gasteiger partial charge < -0.3 is 9.15 Å². The number of thioether (sulfide) groups is 1. The third-order valence-corrected chi connectivity index (χ3v) is 5.51. The van der Waals surface area contributed by atoms with Crippen molar-refractivity contribution < 1.29 is 18.7 Å². The van der Waals surface area contributed by atoms with Crippen LogP contribution in [0.3, 0.4) is 0 Å². The van der Waals surface area contributed by atoms with Crippen LogP contribution in [0.25, 0.3) is 0 Å². The van der Waals surface area contributed by atoms with Gasteiger partial charge in [-0.05, 0) is 35.8 Å². The molecule has 0 radical (unpaired) electrons. The van der Waals surface area contributed by atoms with Crippen molar-refractivity contribution >= 4 is 28.6 Å². The molecule has 1 N–H and O–H groups in total. The molecule has 1 aromatic rings. The molecule has 0 saturated heterocycles. The van der Waals surface area contributed by atoms with Crippen LogP contribution < -0.4 is 0 Å². The molecular weight excluding hydrogens is 326 g/mol. The van der Waals surface area contributed by atoms with Gasteiger partial charge in [0, 0.05) is 12.0 Å². The van der Waals surface area contributed by atoms with E-state index in [1.54, 1.807) is 19.1 Å². The van der Waals surface area contributed by atoms with E-state index in [0.29, 0.717) is 17.8 Å². The number of hydrogen-bond acceptors (Lipinski definition) is 6. The Morgan fingerprint density at radius 2 is 2.21 bits per heavy atom. The molecule has 1 aromatic heterocycles. The maximum atomic E-state index is 12.8. The van der Waals surface area contributed by atoms with Crippen molar-refractivity contribution in [1.82, 2.24) is 0 Å². The lowest BCUT2D eigenvalue weighted by Gasteiger charge is -2.39. The van der Waals surface area contributed by atoms with Crippen molar-refractivity contribution in [2.75, 3.05) is 6.61 Å². The van der Waals surface area contributed by atoms with Crippen molar-refractivity contribution in [2.45, 2.75) is 39.5 Å². The van der Waals surface area contributed by atoms with Crippen LogP contribution in [-0.2, 0) is 14.3 Å². The zero-order valence-corrected chi connectivity index (χ0v) is 14.9. The number of ether oxygens (including phenoxy) is 1. The molecule has 1 aliphatic carbocycles. The predicted molar refractivity (Wildman–Crippen MR) is 91.9 cm³/mol. The van der Waals surface area contributed by atoms with Crippen LogP contribution >= 0.6 is 11.8 Å². The van der Waals surface area contributed by atoms with Gasteiger partial charge in [-0.15, -0.1) is 0 Å². The number of hydrogen-bond donors (Lipinski definition) is 1. The van der Waals surface area contributed by atoms with E-state index in [-0.39, 0.29) is 22.8 Å². The van der Waals surface area contributed by atoms with Crippen molar-refractivity contribution in [3.8, 4) is 0 Å². The van der Waals surface area contributed by atoms with Crippen LogP contribution in [0.15, 0.2) is 33.3 Å². The summed E-state index contributed by atoms with van der Waals surface area (Å²) in [5.74, 6) is -1.27.